The molecule has 2 aliphatic carbocycles. The van der Waals surface area contributed by atoms with Gasteiger partial charge in [0.25, 0.3) is 0 Å². The average molecular weight is 195 g/mol. The minimum atomic E-state index is 0.671. The van der Waals surface area contributed by atoms with Crippen LogP contribution in [0.15, 0.2) is 0 Å². The molecule has 82 valence electrons. The number of hydrogen-bond acceptors (Lipinski definition) is 1. The van der Waals surface area contributed by atoms with Gasteiger partial charge < -0.3 is 5.32 Å². The van der Waals surface area contributed by atoms with E-state index in [9.17, 15) is 0 Å². The molecule has 0 radical (unpaired) electrons. The van der Waals surface area contributed by atoms with Crippen molar-refractivity contribution in [1.82, 2.24) is 5.32 Å². The van der Waals surface area contributed by atoms with Crippen LogP contribution in [0.2, 0.25) is 0 Å². The molecule has 0 aromatic heterocycles. The molecule has 14 heavy (non-hydrogen) atoms. The van der Waals surface area contributed by atoms with Crippen LogP contribution in [0.25, 0.3) is 0 Å². The summed E-state index contributed by atoms with van der Waals surface area (Å²) in [4.78, 5) is 0. The van der Waals surface area contributed by atoms with Crippen molar-refractivity contribution in [2.75, 3.05) is 6.54 Å². The van der Waals surface area contributed by atoms with Gasteiger partial charge in [-0.15, -0.1) is 0 Å². The molecular weight excluding hydrogens is 170 g/mol. The molecule has 0 saturated heterocycles. The highest BCUT2D eigenvalue weighted by atomic mass is 14.9. The largest absolute Gasteiger partial charge is 0.313 e. The Morgan fingerprint density at radius 2 is 1.64 bits per heavy atom. The smallest absolute Gasteiger partial charge is 0.00723 e. The summed E-state index contributed by atoms with van der Waals surface area (Å²) in [5, 5.41) is 3.78. The van der Waals surface area contributed by atoms with Gasteiger partial charge in [-0.1, -0.05) is 20.8 Å². The number of nitrogens with one attached hydrogen (secondary N) is 1. The van der Waals surface area contributed by atoms with Crippen molar-refractivity contribution in [3.63, 3.8) is 0 Å². The monoisotopic (exact) mass is 195 g/mol. The van der Waals surface area contributed by atoms with Crippen LogP contribution in [-0.2, 0) is 0 Å². The maximum Gasteiger partial charge on any atom is 0.00723 e. The maximum absolute atomic E-state index is 3.78. The van der Waals surface area contributed by atoms with Gasteiger partial charge in [0.05, 0.1) is 0 Å². The summed E-state index contributed by atoms with van der Waals surface area (Å²) in [5.41, 5.74) is 0.671. The minimum Gasteiger partial charge on any atom is -0.313 e. The highest BCUT2D eigenvalue weighted by Crippen LogP contribution is 2.44. The Morgan fingerprint density at radius 1 is 1.07 bits per heavy atom. The van der Waals surface area contributed by atoms with Crippen LogP contribution in [0.1, 0.15) is 52.9 Å². The zero-order chi connectivity index (χ0) is 10.2. The molecule has 0 heterocycles. The Bertz CT molecular complexity index is 185. The molecule has 2 fully saturated rings. The summed E-state index contributed by atoms with van der Waals surface area (Å²) in [6.45, 7) is 8.49. The lowest BCUT2D eigenvalue weighted by Gasteiger charge is -2.32. The van der Waals surface area contributed by atoms with Crippen molar-refractivity contribution in [2.24, 2.45) is 17.3 Å². The van der Waals surface area contributed by atoms with E-state index < -0.39 is 0 Å². The SMILES string of the molecule is CC1CC(C)CC(NCC2(C)CC2)C1. The van der Waals surface area contributed by atoms with E-state index in [0.717, 1.165) is 17.9 Å². The van der Waals surface area contributed by atoms with Crippen LogP contribution < -0.4 is 5.32 Å². The molecule has 1 N–H and O–H groups in total. The van der Waals surface area contributed by atoms with E-state index in [0.29, 0.717) is 5.41 Å². The van der Waals surface area contributed by atoms with Gasteiger partial charge >= 0.3 is 0 Å². The number of hydrogen-bond donors (Lipinski definition) is 1. The molecule has 0 bridgehead atoms. The van der Waals surface area contributed by atoms with Crippen LogP contribution in [0.4, 0.5) is 0 Å². The number of rotatable bonds is 3. The second kappa shape index (κ2) is 3.84. The first kappa shape index (κ1) is 10.5. The van der Waals surface area contributed by atoms with Crippen molar-refractivity contribution >= 4 is 0 Å². The Kier molecular flexibility index (Phi) is 2.88. The molecule has 1 nitrogen and oxygen atoms in total. The highest BCUT2D eigenvalue weighted by Gasteiger charge is 2.37. The van der Waals surface area contributed by atoms with Crippen molar-refractivity contribution < 1.29 is 0 Å². The fourth-order valence-corrected chi connectivity index (χ4v) is 2.89. The van der Waals surface area contributed by atoms with Gasteiger partial charge in [0.1, 0.15) is 0 Å². The third-order valence-corrected chi connectivity index (χ3v) is 4.10. The van der Waals surface area contributed by atoms with Gasteiger partial charge in [-0.3, -0.25) is 0 Å². The molecule has 2 unspecified atom stereocenters. The van der Waals surface area contributed by atoms with E-state index >= 15 is 0 Å². The normalized spacial score (nSPS) is 40.9. The molecule has 0 aliphatic heterocycles. The zero-order valence-electron chi connectivity index (χ0n) is 9.97. The second-order valence-corrected chi connectivity index (χ2v) is 6.31. The molecule has 2 aliphatic rings. The van der Waals surface area contributed by atoms with Gasteiger partial charge in [0.2, 0.25) is 0 Å². The third-order valence-electron chi connectivity index (χ3n) is 4.10. The Morgan fingerprint density at radius 3 is 2.14 bits per heavy atom. The van der Waals surface area contributed by atoms with Gasteiger partial charge in [-0.25, -0.2) is 0 Å². The van der Waals surface area contributed by atoms with Gasteiger partial charge in [-0.05, 0) is 49.4 Å². The zero-order valence-corrected chi connectivity index (χ0v) is 9.97. The summed E-state index contributed by atoms with van der Waals surface area (Å²) in [6.07, 6.45) is 7.13. The molecule has 2 saturated carbocycles. The van der Waals surface area contributed by atoms with Crippen LogP contribution in [-0.4, -0.2) is 12.6 Å². The Balaban J connectivity index is 1.74. The van der Waals surface area contributed by atoms with Crippen molar-refractivity contribution in [3.05, 3.63) is 0 Å². The minimum absolute atomic E-state index is 0.671. The molecular formula is C13H25N. The molecule has 2 atom stereocenters. The molecule has 2 rings (SSSR count). The van der Waals surface area contributed by atoms with Gasteiger partial charge in [0.15, 0.2) is 0 Å². The van der Waals surface area contributed by atoms with E-state index in [1.807, 2.05) is 0 Å². The van der Waals surface area contributed by atoms with E-state index in [2.05, 4.69) is 26.1 Å². The third kappa shape index (κ3) is 2.73. The first-order valence-corrected chi connectivity index (χ1v) is 6.31. The lowest BCUT2D eigenvalue weighted by molar-refractivity contribution is 0.231. The summed E-state index contributed by atoms with van der Waals surface area (Å²) in [7, 11) is 0. The molecule has 0 spiro atoms. The van der Waals surface area contributed by atoms with E-state index in [-0.39, 0.29) is 0 Å². The highest BCUT2D eigenvalue weighted by molar-refractivity contribution is 4.92. The summed E-state index contributed by atoms with van der Waals surface area (Å²) < 4.78 is 0. The predicted molar refractivity (Wildman–Crippen MR) is 61.3 cm³/mol. The van der Waals surface area contributed by atoms with Gasteiger partial charge in [-0.2, -0.15) is 0 Å². The van der Waals surface area contributed by atoms with Crippen molar-refractivity contribution in [1.29, 1.82) is 0 Å². The van der Waals surface area contributed by atoms with Crippen LogP contribution in [0.3, 0.4) is 0 Å². The first-order valence-electron chi connectivity index (χ1n) is 6.31. The average Bonchev–Trinajstić information content (AvgIpc) is 2.80. The predicted octanol–water partition coefficient (Wildman–Crippen LogP) is 3.20. The second-order valence-electron chi connectivity index (χ2n) is 6.31. The van der Waals surface area contributed by atoms with Crippen molar-refractivity contribution in [2.45, 2.75) is 58.9 Å². The first-order chi connectivity index (χ1) is 6.57. The topological polar surface area (TPSA) is 12.0 Å². The lowest BCUT2D eigenvalue weighted by Crippen LogP contribution is -2.38. The van der Waals surface area contributed by atoms with Crippen LogP contribution in [0.5, 0.6) is 0 Å². The Hall–Kier alpha value is -0.0400. The lowest BCUT2D eigenvalue weighted by atomic mass is 9.80. The molecule has 1 heteroatoms. The quantitative estimate of drug-likeness (QED) is 0.729. The van der Waals surface area contributed by atoms with E-state index in [1.54, 1.807) is 0 Å². The molecule has 0 amide bonds. The molecule has 0 aromatic rings. The van der Waals surface area contributed by atoms with E-state index in [4.69, 9.17) is 0 Å². The van der Waals surface area contributed by atoms with Crippen LogP contribution in [0, 0.1) is 17.3 Å². The van der Waals surface area contributed by atoms with Gasteiger partial charge in [0, 0.05) is 12.6 Å². The summed E-state index contributed by atoms with van der Waals surface area (Å²) in [6, 6.07) is 0.811. The summed E-state index contributed by atoms with van der Waals surface area (Å²) >= 11 is 0. The molecule has 0 aromatic carbocycles. The fraction of sp³-hybridized carbons (Fsp3) is 1.00. The van der Waals surface area contributed by atoms with Crippen molar-refractivity contribution in [3.8, 4) is 0 Å². The summed E-state index contributed by atoms with van der Waals surface area (Å²) in [5.74, 6) is 1.87. The fourth-order valence-electron chi connectivity index (χ4n) is 2.89. The van der Waals surface area contributed by atoms with Crippen LogP contribution >= 0.6 is 0 Å². The standard InChI is InChI=1S/C13H25N/c1-10-6-11(2)8-12(7-10)14-9-13(3)4-5-13/h10-12,14H,4-9H2,1-3H3. The Labute approximate surface area is 88.7 Å². The van der Waals surface area contributed by atoms with E-state index in [1.165, 1.54) is 38.6 Å². The maximum atomic E-state index is 3.78.